The van der Waals surface area contributed by atoms with E-state index in [4.69, 9.17) is 0 Å². The predicted molar refractivity (Wildman–Crippen MR) is 129 cm³/mol. The van der Waals surface area contributed by atoms with Gasteiger partial charge in [-0.1, -0.05) is 12.1 Å². The molecule has 10 heteroatoms. The highest BCUT2D eigenvalue weighted by Gasteiger charge is 2.30. The zero-order valence-electron chi connectivity index (χ0n) is 18.4. The first kappa shape index (κ1) is 22.6. The zero-order chi connectivity index (χ0) is 24.4. The number of nitro groups is 2. The van der Waals surface area contributed by atoms with E-state index in [-0.39, 0.29) is 16.9 Å². The summed E-state index contributed by atoms with van der Waals surface area (Å²) < 4.78 is 0. The van der Waals surface area contributed by atoms with Crippen molar-refractivity contribution < 1.29 is 14.6 Å². The summed E-state index contributed by atoms with van der Waals surface area (Å²) in [5.41, 5.74) is 3.49. The van der Waals surface area contributed by atoms with Gasteiger partial charge in [-0.25, -0.2) is 0 Å². The number of nitrogens with one attached hydrogen (secondary N) is 2. The normalized spacial score (nSPS) is 13.9. The second-order valence-corrected chi connectivity index (χ2v) is 8.05. The molecule has 0 fully saturated rings. The highest BCUT2D eigenvalue weighted by atomic mass is 16.6. The van der Waals surface area contributed by atoms with Crippen molar-refractivity contribution >= 4 is 39.9 Å². The summed E-state index contributed by atoms with van der Waals surface area (Å²) in [6.45, 7) is 0.760. The molecule has 0 unspecified atom stereocenters. The number of benzene rings is 3. The lowest BCUT2D eigenvalue weighted by Gasteiger charge is -2.16. The number of anilines is 2. The molecule has 0 saturated heterocycles. The fourth-order valence-electron chi connectivity index (χ4n) is 3.75. The number of carbonyl (C=O) groups excluding carboxylic acids is 1. The van der Waals surface area contributed by atoms with Gasteiger partial charge in [-0.3, -0.25) is 25.0 Å². The van der Waals surface area contributed by atoms with Crippen molar-refractivity contribution in [2.45, 2.75) is 6.54 Å². The van der Waals surface area contributed by atoms with Crippen LogP contribution in [0.1, 0.15) is 16.7 Å². The Balaban J connectivity index is 1.84. The van der Waals surface area contributed by atoms with Gasteiger partial charge < -0.3 is 15.5 Å². The topological polar surface area (TPSA) is 131 Å². The summed E-state index contributed by atoms with van der Waals surface area (Å²) in [5.74, 6) is -0.430. The Morgan fingerprint density at radius 1 is 0.912 bits per heavy atom. The van der Waals surface area contributed by atoms with Gasteiger partial charge in [0.15, 0.2) is 0 Å². The van der Waals surface area contributed by atoms with Crippen LogP contribution in [0.5, 0.6) is 0 Å². The zero-order valence-corrected chi connectivity index (χ0v) is 18.4. The lowest BCUT2D eigenvalue weighted by Crippen LogP contribution is -2.11. The van der Waals surface area contributed by atoms with E-state index in [0.29, 0.717) is 28.2 Å². The van der Waals surface area contributed by atoms with E-state index in [9.17, 15) is 25.0 Å². The Hall–Kier alpha value is -4.57. The molecule has 4 rings (SSSR count). The quantitative estimate of drug-likeness (QED) is 0.302. The van der Waals surface area contributed by atoms with Gasteiger partial charge in [0.25, 0.3) is 17.3 Å². The average molecular weight is 459 g/mol. The molecule has 0 aromatic heterocycles. The van der Waals surface area contributed by atoms with E-state index in [2.05, 4.69) is 10.6 Å². The van der Waals surface area contributed by atoms with Crippen molar-refractivity contribution in [2.24, 2.45) is 0 Å². The third-order valence-electron chi connectivity index (χ3n) is 5.30. The largest absolute Gasteiger partial charge is 0.354 e. The van der Waals surface area contributed by atoms with Gasteiger partial charge in [0, 0.05) is 47.7 Å². The Morgan fingerprint density at radius 3 is 2.12 bits per heavy atom. The Kier molecular flexibility index (Phi) is 6.07. The molecular weight excluding hydrogens is 438 g/mol. The van der Waals surface area contributed by atoms with Gasteiger partial charge >= 0.3 is 0 Å². The number of fused-ring (bicyclic) bond motifs is 1. The predicted octanol–water partition coefficient (Wildman–Crippen LogP) is 4.50. The number of nitrogens with zero attached hydrogens (tertiary/aromatic N) is 3. The number of non-ortho nitro benzene ring substituents is 2. The van der Waals surface area contributed by atoms with Gasteiger partial charge in [-0.05, 0) is 55.6 Å². The summed E-state index contributed by atoms with van der Waals surface area (Å²) in [5, 5.41) is 28.4. The summed E-state index contributed by atoms with van der Waals surface area (Å²) in [4.78, 5) is 36.4. The van der Waals surface area contributed by atoms with Crippen molar-refractivity contribution in [3.05, 3.63) is 104 Å². The van der Waals surface area contributed by atoms with Crippen molar-refractivity contribution in [2.75, 3.05) is 24.7 Å². The lowest BCUT2D eigenvalue weighted by molar-refractivity contribution is -0.385. The van der Waals surface area contributed by atoms with Crippen molar-refractivity contribution in [1.82, 2.24) is 4.90 Å². The van der Waals surface area contributed by atoms with E-state index in [1.165, 1.54) is 42.5 Å². The van der Waals surface area contributed by atoms with Crippen LogP contribution >= 0.6 is 0 Å². The molecule has 1 amide bonds. The first-order valence-corrected chi connectivity index (χ1v) is 10.3. The Bertz CT molecular complexity index is 1310. The number of rotatable bonds is 7. The Morgan fingerprint density at radius 2 is 1.53 bits per heavy atom. The SMILES string of the molecule is CN(C)Cc1ccc(NC(=C2C(=O)Nc3ccc([N+](=O)[O-])cc32)c2ccc([N+](=O)[O-])cc2)cc1. The van der Waals surface area contributed by atoms with Crippen LogP contribution in [-0.4, -0.2) is 34.7 Å². The highest BCUT2D eigenvalue weighted by molar-refractivity contribution is 6.37. The maximum absolute atomic E-state index is 13.0. The van der Waals surface area contributed by atoms with Gasteiger partial charge in [-0.2, -0.15) is 0 Å². The Labute approximate surface area is 194 Å². The first-order chi connectivity index (χ1) is 16.2. The minimum atomic E-state index is -0.525. The number of nitro benzene ring substituents is 2. The summed E-state index contributed by atoms with van der Waals surface area (Å²) in [7, 11) is 3.94. The molecule has 0 spiro atoms. The molecule has 3 aromatic carbocycles. The van der Waals surface area contributed by atoms with Gasteiger partial charge in [0.2, 0.25) is 0 Å². The molecule has 3 aromatic rings. The van der Waals surface area contributed by atoms with Gasteiger partial charge in [0.1, 0.15) is 0 Å². The molecule has 172 valence electrons. The van der Waals surface area contributed by atoms with E-state index in [1.807, 2.05) is 43.3 Å². The molecule has 34 heavy (non-hydrogen) atoms. The van der Waals surface area contributed by atoms with Crippen LogP contribution in [0, 0.1) is 20.2 Å². The fourth-order valence-corrected chi connectivity index (χ4v) is 3.75. The maximum Gasteiger partial charge on any atom is 0.270 e. The van der Waals surface area contributed by atoms with Crippen LogP contribution in [0.4, 0.5) is 22.7 Å². The second-order valence-electron chi connectivity index (χ2n) is 8.05. The molecule has 0 atom stereocenters. The molecule has 1 aliphatic rings. The van der Waals surface area contributed by atoms with Gasteiger partial charge in [0.05, 0.1) is 21.1 Å². The molecule has 0 aliphatic carbocycles. The molecule has 0 radical (unpaired) electrons. The number of amides is 1. The molecule has 0 bridgehead atoms. The smallest absolute Gasteiger partial charge is 0.270 e. The summed E-state index contributed by atoms with van der Waals surface area (Å²) >= 11 is 0. The van der Waals surface area contributed by atoms with E-state index < -0.39 is 15.8 Å². The lowest BCUT2D eigenvalue weighted by atomic mass is 9.99. The third kappa shape index (κ3) is 4.62. The molecule has 10 nitrogen and oxygen atoms in total. The van der Waals surface area contributed by atoms with E-state index in [1.54, 1.807) is 0 Å². The van der Waals surface area contributed by atoms with Crippen molar-refractivity contribution in [3.8, 4) is 0 Å². The number of hydrogen-bond acceptors (Lipinski definition) is 7. The minimum Gasteiger partial charge on any atom is -0.354 e. The van der Waals surface area contributed by atoms with Crippen molar-refractivity contribution in [3.63, 3.8) is 0 Å². The highest BCUT2D eigenvalue weighted by Crippen LogP contribution is 2.39. The average Bonchev–Trinajstić information content (AvgIpc) is 3.13. The first-order valence-electron chi connectivity index (χ1n) is 10.3. The number of carbonyl (C=O) groups is 1. The molecule has 1 aliphatic heterocycles. The molecular formula is C24H21N5O5. The third-order valence-corrected chi connectivity index (χ3v) is 5.30. The minimum absolute atomic E-state index is 0.0898. The van der Waals surface area contributed by atoms with E-state index in [0.717, 1.165) is 12.1 Å². The van der Waals surface area contributed by atoms with Crippen LogP contribution in [0.2, 0.25) is 0 Å². The molecule has 0 saturated carbocycles. The molecule has 2 N–H and O–H groups in total. The summed E-state index contributed by atoms with van der Waals surface area (Å²) in [6, 6.07) is 17.6. The standard InChI is InChI=1S/C24H21N5O5/c1-27(2)14-15-3-7-17(8-4-15)25-23(16-5-9-18(10-6-16)28(31)32)22-20-13-19(29(33)34)11-12-21(20)26-24(22)30/h3-13,25H,14H2,1-2H3,(H,26,30). The second kappa shape index (κ2) is 9.12. The summed E-state index contributed by atoms with van der Waals surface area (Å²) in [6.07, 6.45) is 0. The van der Waals surface area contributed by atoms with Crippen LogP contribution in [0.25, 0.3) is 11.3 Å². The maximum atomic E-state index is 13.0. The monoisotopic (exact) mass is 459 g/mol. The molecule has 1 heterocycles. The van der Waals surface area contributed by atoms with Crippen LogP contribution in [0.15, 0.2) is 66.7 Å². The van der Waals surface area contributed by atoms with Crippen LogP contribution < -0.4 is 10.6 Å². The van der Waals surface area contributed by atoms with E-state index >= 15 is 0 Å². The number of hydrogen-bond donors (Lipinski definition) is 2. The van der Waals surface area contributed by atoms with Crippen LogP contribution in [-0.2, 0) is 11.3 Å². The van der Waals surface area contributed by atoms with Gasteiger partial charge in [-0.15, -0.1) is 0 Å². The van der Waals surface area contributed by atoms with Crippen molar-refractivity contribution in [1.29, 1.82) is 0 Å². The fraction of sp³-hybridized carbons (Fsp3) is 0.125. The van der Waals surface area contributed by atoms with Crippen LogP contribution in [0.3, 0.4) is 0 Å².